The van der Waals surface area contributed by atoms with Gasteiger partial charge in [0.05, 0.1) is 18.1 Å². The summed E-state index contributed by atoms with van der Waals surface area (Å²) in [5.41, 5.74) is 3.06. The molecular formula is C23H22ClN3O3S. The molecule has 4 aromatic rings. The number of rotatable bonds is 7. The molecule has 3 aromatic heterocycles. The van der Waals surface area contributed by atoms with Gasteiger partial charge in [0.1, 0.15) is 0 Å². The van der Waals surface area contributed by atoms with Gasteiger partial charge in [-0.25, -0.2) is 4.98 Å². The van der Waals surface area contributed by atoms with E-state index in [4.69, 9.17) is 25.7 Å². The van der Waals surface area contributed by atoms with Crippen LogP contribution >= 0.6 is 22.9 Å². The maximum absolute atomic E-state index is 13.0. The maximum atomic E-state index is 13.0. The predicted molar refractivity (Wildman–Crippen MR) is 121 cm³/mol. The van der Waals surface area contributed by atoms with Crippen molar-refractivity contribution in [2.24, 2.45) is 0 Å². The monoisotopic (exact) mass is 455 g/mol. The van der Waals surface area contributed by atoms with Crippen molar-refractivity contribution in [3.05, 3.63) is 70.7 Å². The standard InChI is InChI=1S/C23H22ClN3O3S/c24-17-7-5-16(6-8-17)20-14-27-18(15-31-23(27)25-20)9-10-26(13-19-3-1-11-29-19)22(28)21-4-2-12-30-21/h2,4-8,12,14-15,19H,1,3,9-11,13H2. The van der Waals surface area contributed by atoms with Gasteiger partial charge in [-0.1, -0.05) is 23.7 Å². The van der Waals surface area contributed by atoms with Crippen LogP contribution in [0, 0.1) is 0 Å². The number of ether oxygens (including phenoxy) is 1. The molecule has 31 heavy (non-hydrogen) atoms. The number of hydrogen-bond donors (Lipinski definition) is 0. The van der Waals surface area contributed by atoms with Crippen LogP contribution < -0.4 is 0 Å². The normalized spacial score (nSPS) is 16.2. The number of carbonyl (C=O) groups excluding carboxylic acids is 1. The number of imidazole rings is 1. The highest BCUT2D eigenvalue weighted by Crippen LogP contribution is 2.25. The molecule has 0 saturated carbocycles. The number of hydrogen-bond acceptors (Lipinski definition) is 5. The Morgan fingerprint density at radius 1 is 1.29 bits per heavy atom. The number of aromatic nitrogens is 2. The maximum Gasteiger partial charge on any atom is 0.289 e. The lowest BCUT2D eigenvalue weighted by molar-refractivity contribution is 0.0505. The molecule has 1 aromatic carbocycles. The number of thiazole rings is 1. The van der Waals surface area contributed by atoms with Gasteiger partial charge in [-0.15, -0.1) is 11.3 Å². The number of furan rings is 1. The Morgan fingerprint density at radius 2 is 2.16 bits per heavy atom. The summed E-state index contributed by atoms with van der Waals surface area (Å²) in [6, 6.07) is 11.1. The fraction of sp³-hybridized carbons (Fsp3) is 0.304. The second-order valence-electron chi connectivity index (χ2n) is 7.63. The molecule has 8 heteroatoms. The molecule has 1 unspecified atom stereocenters. The van der Waals surface area contributed by atoms with Crippen molar-refractivity contribution in [2.45, 2.75) is 25.4 Å². The van der Waals surface area contributed by atoms with Crippen LogP contribution in [0.4, 0.5) is 0 Å². The van der Waals surface area contributed by atoms with Crippen molar-refractivity contribution in [3.8, 4) is 11.3 Å². The second kappa shape index (κ2) is 8.86. The number of halogens is 1. The van der Waals surface area contributed by atoms with Crippen molar-refractivity contribution in [3.63, 3.8) is 0 Å². The molecular weight excluding hydrogens is 434 g/mol. The van der Waals surface area contributed by atoms with E-state index in [1.54, 1.807) is 23.5 Å². The van der Waals surface area contributed by atoms with Gasteiger partial charge in [0.2, 0.25) is 0 Å². The summed E-state index contributed by atoms with van der Waals surface area (Å²) < 4.78 is 13.2. The van der Waals surface area contributed by atoms with Crippen LogP contribution in [0.2, 0.25) is 5.02 Å². The van der Waals surface area contributed by atoms with Gasteiger partial charge in [0, 0.05) is 54.0 Å². The third kappa shape index (κ3) is 4.39. The molecule has 1 fully saturated rings. The van der Waals surface area contributed by atoms with E-state index >= 15 is 0 Å². The van der Waals surface area contributed by atoms with Crippen LogP contribution in [0.15, 0.2) is 58.7 Å². The van der Waals surface area contributed by atoms with E-state index in [9.17, 15) is 4.79 Å². The van der Waals surface area contributed by atoms with Gasteiger partial charge in [-0.3, -0.25) is 9.20 Å². The first kappa shape index (κ1) is 20.3. The lowest BCUT2D eigenvalue weighted by Crippen LogP contribution is -2.38. The lowest BCUT2D eigenvalue weighted by Gasteiger charge is -2.24. The number of carbonyl (C=O) groups is 1. The molecule has 160 valence electrons. The topological polar surface area (TPSA) is 60.0 Å². The van der Waals surface area contributed by atoms with Crippen LogP contribution in [0.3, 0.4) is 0 Å². The van der Waals surface area contributed by atoms with Crippen molar-refractivity contribution >= 4 is 33.8 Å². The summed E-state index contributed by atoms with van der Waals surface area (Å²) in [4.78, 5) is 20.5. The van der Waals surface area contributed by atoms with Crippen LogP contribution in [0.5, 0.6) is 0 Å². The fourth-order valence-corrected chi connectivity index (χ4v) is 4.92. The van der Waals surface area contributed by atoms with Gasteiger partial charge < -0.3 is 14.1 Å². The van der Waals surface area contributed by atoms with Crippen molar-refractivity contribution < 1.29 is 13.9 Å². The smallest absolute Gasteiger partial charge is 0.289 e. The van der Waals surface area contributed by atoms with Gasteiger partial charge >= 0.3 is 0 Å². The Bertz CT molecular complexity index is 1160. The Hall–Kier alpha value is -2.61. The largest absolute Gasteiger partial charge is 0.459 e. The highest BCUT2D eigenvalue weighted by molar-refractivity contribution is 7.15. The molecule has 0 radical (unpaired) electrons. The minimum absolute atomic E-state index is 0.0890. The van der Waals surface area contributed by atoms with E-state index in [1.807, 2.05) is 35.4 Å². The summed E-state index contributed by atoms with van der Waals surface area (Å²) in [7, 11) is 0. The fourth-order valence-electron chi connectivity index (χ4n) is 3.88. The average molecular weight is 456 g/mol. The SMILES string of the molecule is O=C(c1ccco1)N(CCc1csc2nc(-c3ccc(Cl)cc3)cn12)CC1CCCO1. The van der Waals surface area contributed by atoms with Crippen molar-refractivity contribution in [1.82, 2.24) is 14.3 Å². The molecule has 0 spiro atoms. The lowest BCUT2D eigenvalue weighted by atomic mass is 10.2. The zero-order chi connectivity index (χ0) is 21.2. The Kier molecular flexibility index (Phi) is 5.80. The molecule has 4 heterocycles. The first-order chi connectivity index (χ1) is 15.2. The molecule has 0 bridgehead atoms. The van der Waals surface area contributed by atoms with Crippen molar-refractivity contribution in [1.29, 1.82) is 0 Å². The van der Waals surface area contributed by atoms with E-state index in [0.29, 0.717) is 23.9 Å². The Morgan fingerprint density at radius 3 is 2.90 bits per heavy atom. The van der Waals surface area contributed by atoms with Gasteiger partial charge in [0.15, 0.2) is 10.7 Å². The minimum atomic E-state index is -0.0977. The van der Waals surface area contributed by atoms with E-state index in [1.165, 1.54) is 6.26 Å². The summed E-state index contributed by atoms with van der Waals surface area (Å²) in [5, 5.41) is 2.81. The molecule has 5 rings (SSSR count). The predicted octanol–water partition coefficient (Wildman–Crippen LogP) is 5.17. The van der Waals surface area contributed by atoms with E-state index in [-0.39, 0.29) is 12.0 Å². The highest BCUT2D eigenvalue weighted by atomic mass is 35.5. The second-order valence-corrected chi connectivity index (χ2v) is 8.90. The van der Waals surface area contributed by atoms with Crippen LogP contribution in [-0.4, -0.2) is 46.0 Å². The van der Waals surface area contributed by atoms with E-state index < -0.39 is 0 Å². The first-order valence-corrected chi connectivity index (χ1v) is 11.6. The summed E-state index contributed by atoms with van der Waals surface area (Å²) in [5.74, 6) is 0.264. The van der Waals surface area contributed by atoms with E-state index in [0.717, 1.165) is 47.8 Å². The minimum Gasteiger partial charge on any atom is -0.459 e. The number of amides is 1. The molecule has 1 aliphatic heterocycles. The molecule has 1 aliphatic rings. The summed E-state index contributed by atoms with van der Waals surface area (Å²) in [6.45, 7) is 1.92. The molecule has 0 aliphatic carbocycles. The number of benzene rings is 1. The highest BCUT2D eigenvalue weighted by Gasteiger charge is 2.25. The van der Waals surface area contributed by atoms with Crippen molar-refractivity contribution in [2.75, 3.05) is 19.7 Å². The van der Waals surface area contributed by atoms with E-state index in [2.05, 4.69) is 9.78 Å². The quantitative estimate of drug-likeness (QED) is 0.385. The van der Waals surface area contributed by atoms with Crippen LogP contribution in [-0.2, 0) is 11.2 Å². The molecule has 1 amide bonds. The third-order valence-electron chi connectivity index (χ3n) is 5.53. The molecule has 1 saturated heterocycles. The molecule has 1 atom stereocenters. The van der Waals surface area contributed by atoms with Crippen LogP contribution in [0.1, 0.15) is 29.1 Å². The van der Waals surface area contributed by atoms with Gasteiger partial charge in [-0.2, -0.15) is 0 Å². The Labute approximate surface area is 189 Å². The summed E-state index contributed by atoms with van der Waals surface area (Å²) in [6.07, 6.45) is 6.41. The Balaban J connectivity index is 1.34. The summed E-state index contributed by atoms with van der Waals surface area (Å²) >= 11 is 7.61. The molecule has 0 N–H and O–H groups in total. The average Bonchev–Trinajstić information content (AvgIpc) is 3.57. The van der Waals surface area contributed by atoms with Gasteiger partial charge in [-0.05, 0) is 37.1 Å². The first-order valence-electron chi connectivity index (χ1n) is 10.3. The van der Waals surface area contributed by atoms with Crippen LogP contribution in [0.25, 0.3) is 16.2 Å². The number of fused-ring (bicyclic) bond motifs is 1. The molecule has 6 nitrogen and oxygen atoms in total. The third-order valence-corrected chi connectivity index (χ3v) is 6.67. The zero-order valence-corrected chi connectivity index (χ0v) is 18.4. The van der Waals surface area contributed by atoms with Gasteiger partial charge in [0.25, 0.3) is 5.91 Å². The number of nitrogens with zero attached hydrogens (tertiary/aromatic N) is 3. The zero-order valence-electron chi connectivity index (χ0n) is 16.9.